The fourth-order valence-electron chi connectivity index (χ4n) is 1.98. The normalized spacial score (nSPS) is 12.7. The van der Waals surface area contributed by atoms with E-state index >= 15 is 0 Å². The van der Waals surface area contributed by atoms with Gasteiger partial charge in [-0.3, -0.25) is 0 Å². The molecule has 0 atom stereocenters. The Kier molecular flexibility index (Phi) is 3.22. The molecule has 0 aliphatic heterocycles. The van der Waals surface area contributed by atoms with Crippen LogP contribution in [-0.4, -0.2) is 15.0 Å². The largest absolute Gasteiger partial charge is 0.320 e. The van der Waals surface area contributed by atoms with E-state index in [0.29, 0.717) is 0 Å². The minimum Gasteiger partial charge on any atom is -0.320 e. The fourth-order valence-corrected chi connectivity index (χ4v) is 1.98. The minimum atomic E-state index is -0.477. The van der Waals surface area contributed by atoms with Gasteiger partial charge in [-0.1, -0.05) is 44.2 Å². The van der Waals surface area contributed by atoms with Crippen molar-refractivity contribution in [1.82, 2.24) is 15.0 Å². The first-order valence-corrected chi connectivity index (χ1v) is 6.51. The van der Waals surface area contributed by atoms with Gasteiger partial charge >= 0.3 is 0 Å². The second kappa shape index (κ2) is 4.46. The summed E-state index contributed by atoms with van der Waals surface area (Å²) in [6.45, 7) is 10.4. The van der Waals surface area contributed by atoms with Crippen molar-refractivity contribution in [3.8, 4) is 5.69 Å². The lowest BCUT2D eigenvalue weighted by Gasteiger charge is -2.22. The molecule has 1 aromatic heterocycles. The van der Waals surface area contributed by atoms with Gasteiger partial charge in [-0.25, -0.2) is 4.68 Å². The Bertz CT molecular complexity index is 570. The summed E-state index contributed by atoms with van der Waals surface area (Å²) in [5.74, 6) is 0. The predicted octanol–water partition coefficient (Wildman–Crippen LogP) is 2.76. The van der Waals surface area contributed by atoms with Crippen LogP contribution in [0.25, 0.3) is 5.69 Å². The van der Waals surface area contributed by atoms with E-state index in [1.807, 2.05) is 30.8 Å². The maximum atomic E-state index is 6.06. The van der Waals surface area contributed by atoms with Crippen molar-refractivity contribution in [2.45, 2.75) is 45.6 Å². The lowest BCUT2D eigenvalue weighted by molar-refractivity contribution is 0.533. The summed E-state index contributed by atoms with van der Waals surface area (Å²) in [5, 5.41) is 8.39. The zero-order chi connectivity index (χ0) is 14.3. The van der Waals surface area contributed by atoms with E-state index in [4.69, 9.17) is 5.73 Å². The van der Waals surface area contributed by atoms with Crippen molar-refractivity contribution >= 4 is 0 Å². The van der Waals surface area contributed by atoms with Gasteiger partial charge in [0.05, 0.1) is 17.4 Å². The van der Waals surface area contributed by atoms with Gasteiger partial charge in [0, 0.05) is 0 Å². The summed E-state index contributed by atoms with van der Waals surface area (Å²) in [4.78, 5) is 0. The van der Waals surface area contributed by atoms with Crippen molar-refractivity contribution in [3.63, 3.8) is 0 Å². The highest BCUT2D eigenvalue weighted by molar-refractivity contribution is 5.44. The molecule has 0 bridgehead atoms. The first kappa shape index (κ1) is 13.7. The first-order valence-electron chi connectivity index (χ1n) is 6.51. The molecule has 1 aromatic carbocycles. The lowest BCUT2D eigenvalue weighted by Crippen LogP contribution is -2.29. The average molecular weight is 258 g/mol. The van der Waals surface area contributed by atoms with Crippen LogP contribution in [0, 0.1) is 0 Å². The summed E-state index contributed by atoms with van der Waals surface area (Å²) in [7, 11) is 0. The number of benzene rings is 1. The minimum absolute atomic E-state index is 0.0565. The first-order chi connectivity index (χ1) is 8.69. The molecule has 0 aliphatic rings. The molecule has 102 valence electrons. The topological polar surface area (TPSA) is 56.7 Å². The number of aromatic nitrogens is 3. The van der Waals surface area contributed by atoms with Crippen molar-refractivity contribution in [2.24, 2.45) is 5.73 Å². The maximum Gasteiger partial charge on any atom is 0.102 e. The van der Waals surface area contributed by atoms with Crippen LogP contribution in [-0.2, 0) is 11.0 Å². The van der Waals surface area contributed by atoms with Gasteiger partial charge in [-0.2, -0.15) is 0 Å². The summed E-state index contributed by atoms with van der Waals surface area (Å²) in [6, 6.07) is 8.25. The SMILES string of the molecule is CC(C)(C)c1ccccc1-n1cc(C(C)(C)N)nn1. The van der Waals surface area contributed by atoms with E-state index in [1.54, 1.807) is 0 Å². The highest BCUT2D eigenvalue weighted by Crippen LogP contribution is 2.28. The number of hydrogen-bond acceptors (Lipinski definition) is 3. The van der Waals surface area contributed by atoms with Gasteiger partial charge in [-0.15, -0.1) is 5.10 Å². The molecule has 0 unspecified atom stereocenters. The number of nitrogens with two attached hydrogens (primary N) is 1. The van der Waals surface area contributed by atoms with Crippen LogP contribution in [0.5, 0.6) is 0 Å². The molecule has 1 heterocycles. The standard InChI is InChI=1S/C15H22N4/c1-14(2,3)11-8-6-7-9-12(11)19-10-13(17-18-19)15(4,5)16/h6-10H,16H2,1-5H3. The third kappa shape index (κ3) is 2.84. The van der Waals surface area contributed by atoms with Gasteiger partial charge < -0.3 is 5.73 Å². The molecular weight excluding hydrogens is 236 g/mol. The van der Waals surface area contributed by atoms with Crippen LogP contribution in [0.4, 0.5) is 0 Å². The molecule has 0 aliphatic carbocycles. The third-order valence-corrected chi connectivity index (χ3v) is 3.11. The molecule has 0 saturated carbocycles. The van der Waals surface area contributed by atoms with Crippen LogP contribution in [0.15, 0.2) is 30.5 Å². The lowest BCUT2D eigenvalue weighted by atomic mass is 9.86. The van der Waals surface area contributed by atoms with E-state index in [-0.39, 0.29) is 5.41 Å². The molecule has 4 heteroatoms. The average Bonchev–Trinajstić information content (AvgIpc) is 2.76. The maximum absolute atomic E-state index is 6.06. The Morgan fingerprint density at radius 2 is 1.68 bits per heavy atom. The zero-order valence-electron chi connectivity index (χ0n) is 12.3. The van der Waals surface area contributed by atoms with E-state index in [2.05, 4.69) is 49.3 Å². The van der Waals surface area contributed by atoms with Gasteiger partial charge in [0.15, 0.2) is 0 Å². The molecule has 19 heavy (non-hydrogen) atoms. The summed E-state index contributed by atoms with van der Waals surface area (Å²) < 4.78 is 1.81. The Hall–Kier alpha value is -1.68. The molecule has 4 nitrogen and oxygen atoms in total. The van der Waals surface area contributed by atoms with Crippen LogP contribution < -0.4 is 5.73 Å². The van der Waals surface area contributed by atoms with E-state index in [1.165, 1.54) is 5.56 Å². The monoisotopic (exact) mass is 258 g/mol. The van der Waals surface area contributed by atoms with Crippen LogP contribution in [0.1, 0.15) is 45.9 Å². The van der Waals surface area contributed by atoms with Gasteiger partial charge in [0.25, 0.3) is 0 Å². The molecule has 0 radical (unpaired) electrons. The third-order valence-electron chi connectivity index (χ3n) is 3.11. The molecule has 0 fully saturated rings. The van der Waals surface area contributed by atoms with Gasteiger partial charge in [0.2, 0.25) is 0 Å². The molecule has 0 saturated heterocycles. The molecule has 0 spiro atoms. The second-order valence-electron chi connectivity index (χ2n) is 6.54. The van der Waals surface area contributed by atoms with Crippen molar-refractivity contribution in [3.05, 3.63) is 41.7 Å². The highest BCUT2D eigenvalue weighted by Gasteiger charge is 2.22. The van der Waals surface area contributed by atoms with Crippen LogP contribution >= 0.6 is 0 Å². The Labute approximate surface area is 114 Å². The molecule has 2 rings (SSSR count). The van der Waals surface area contributed by atoms with Crippen LogP contribution in [0.3, 0.4) is 0 Å². The van der Waals surface area contributed by atoms with Crippen molar-refractivity contribution < 1.29 is 0 Å². The number of nitrogens with zero attached hydrogens (tertiary/aromatic N) is 3. The van der Waals surface area contributed by atoms with Crippen molar-refractivity contribution in [2.75, 3.05) is 0 Å². The smallest absolute Gasteiger partial charge is 0.102 e. The fraction of sp³-hybridized carbons (Fsp3) is 0.467. The predicted molar refractivity (Wildman–Crippen MR) is 77.3 cm³/mol. The van der Waals surface area contributed by atoms with Crippen LogP contribution in [0.2, 0.25) is 0 Å². The summed E-state index contributed by atoms with van der Waals surface area (Å²) >= 11 is 0. The van der Waals surface area contributed by atoms with E-state index in [9.17, 15) is 0 Å². The van der Waals surface area contributed by atoms with Gasteiger partial charge in [0.1, 0.15) is 5.69 Å². The zero-order valence-corrected chi connectivity index (χ0v) is 12.3. The quantitative estimate of drug-likeness (QED) is 0.901. The molecule has 0 amide bonds. The van der Waals surface area contributed by atoms with E-state index < -0.39 is 5.54 Å². The Balaban J connectivity index is 2.52. The second-order valence-corrected chi connectivity index (χ2v) is 6.54. The summed E-state index contributed by atoms with van der Waals surface area (Å²) in [5.41, 5.74) is 8.71. The number of rotatable bonds is 2. The van der Waals surface area contributed by atoms with E-state index in [0.717, 1.165) is 11.4 Å². The van der Waals surface area contributed by atoms with Gasteiger partial charge in [-0.05, 0) is 30.9 Å². The molecule has 2 aromatic rings. The number of para-hydroxylation sites is 1. The van der Waals surface area contributed by atoms with Crippen molar-refractivity contribution in [1.29, 1.82) is 0 Å². The Morgan fingerprint density at radius 3 is 2.21 bits per heavy atom. The molecule has 2 N–H and O–H groups in total. The number of hydrogen-bond donors (Lipinski definition) is 1. The Morgan fingerprint density at radius 1 is 1.05 bits per heavy atom. The molecular formula is C15H22N4. The highest BCUT2D eigenvalue weighted by atomic mass is 15.4. The summed E-state index contributed by atoms with van der Waals surface area (Å²) in [6.07, 6.45) is 1.91.